The van der Waals surface area contributed by atoms with E-state index < -0.39 is 20.0 Å². The number of aliphatic hydroxyl groups excluding tert-OH is 1. The normalized spacial score (nSPS) is 14.7. The van der Waals surface area contributed by atoms with E-state index in [4.69, 9.17) is 9.05 Å². The van der Waals surface area contributed by atoms with Crippen molar-refractivity contribution in [2.45, 2.75) is 244 Å². The molecule has 0 aromatic heterocycles. The molecule has 0 bridgehead atoms. The minimum atomic E-state index is -4.36. The van der Waals surface area contributed by atoms with Gasteiger partial charge in [0.1, 0.15) is 13.2 Å². The number of rotatable bonds is 52. The van der Waals surface area contributed by atoms with Crippen LogP contribution in [0.5, 0.6) is 0 Å². The topological polar surface area (TPSA) is 105 Å². The summed E-state index contributed by atoms with van der Waals surface area (Å²) in [5.41, 5.74) is 0. The maximum atomic E-state index is 13.0. The van der Waals surface area contributed by atoms with Crippen LogP contribution >= 0.6 is 7.82 Å². The van der Waals surface area contributed by atoms with Gasteiger partial charge in [-0.2, -0.15) is 0 Å². The summed E-state index contributed by atoms with van der Waals surface area (Å²) < 4.78 is 23.7. The zero-order valence-electron chi connectivity index (χ0n) is 47.1. The Labute approximate surface area is 444 Å². The van der Waals surface area contributed by atoms with E-state index in [0.717, 1.165) is 83.5 Å². The van der Waals surface area contributed by atoms with Crippen LogP contribution in [0.2, 0.25) is 0 Å². The van der Waals surface area contributed by atoms with Gasteiger partial charge < -0.3 is 19.8 Å². The van der Waals surface area contributed by atoms with E-state index in [2.05, 4.69) is 116 Å². The molecule has 3 unspecified atom stereocenters. The number of nitrogens with zero attached hydrogens (tertiary/aromatic N) is 1. The maximum Gasteiger partial charge on any atom is 0.472 e. The van der Waals surface area contributed by atoms with Gasteiger partial charge >= 0.3 is 7.82 Å². The molecule has 0 rings (SSSR count). The van der Waals surface area contributed by atoms with Crippen LogP contribution in [0.25, 0.3) is 0 Å². The molecule has 414 valence electrons. The second-order valence-electron chi connectivity index (χ2n) is 20.6. The molecule has 0 heterocycles. The highest BCUT2D eigenvalue weighted by Gasteiger charge is 2.27. The molecule has 1 amide bonds. The maximum absolute atomic E-state index is 13.0. The Bertz CT molecular complexity index is 1540. The molecule has 0 aromatic carbocycles. The smallest absolute Gasteiger partial charge is 0.387 e. The van der Waals surface area contributed by atoms with E-state index in [1.165, 1.54) is 128 Å². The molecule has 0 fully saturated rings. The van der Waals surface area contributed by atoms with E-state index in [9.17, 15) is 19.4 Å². The fourth-order valence-corrected chi connectivity index (χ4v) is 8.64. The first-order chi connectivity index (χ1) is 35.0. The van der Waals surface area contributed by atoms with Crippen LogP contribution < -0.4 is 5.32 Å². The van der Waals surface area contributed by atoms with Crippen LogP contribution in [0, 0.1) is 0 Å². The largest absolute Gasteiger partial charge is 0.472 e. The third-order valence-corrected chi connectivity index (χ3v) is 13.4. The Kier molecular flexibility index (Phi) is 50.9. The molecule has 0 spiro atoms. The van der Waals surface area contributed by atoms with Crippen molar-refractivity contribution < 1.29 is 32.9 Å². The van der Waals surface area contributed by atoms with Gasteiger partial charge in [-0.25, -0.2) is 4.57 Å². The summed E-state index contributed by atoms with van der Waals surface area (Å²) in [4.78, 5) is 23.3. The minimum absolute atomic E-state index is 0.0498. The number of phosphoric acid groups is 1. The molecular weight excluding hydrogens is 912 g/mol. The summed E-state index contributed by atoms with van der Waals surface area (Å²) in [7, 11) is 1.54. The third kappa shape index (κ3) is 54.9. The average Bonchev–Trinajstić information content (AvgIpc) is 3.34. The predicted molar refractivity (Wildman–Crippen MR) is 313 cm³/mol. The minimum Gasteiger partial charge on any atom is -0.387 e. The van der Waals surface area contributed by atoms with Gasteiger partial charge in [-0.15, -0.1) is 0 Å². The standard InChI is InChI=1S/C63H111N2O6P/c1-6-8-10-12-14-16-18-20-22-23-24-25-26-27-28-29-30-31-32-33-34-35-36-37-38-39-40-41-43-45-47-49-51-53-55-57-63(67)64-61(60-71-72(68,69)70-59-58-65(3,4)5)62(66)56-54-52-50-48-46-44-42-21-19-17-15-13-11-9-7-2/h8,10,14,16,19-22,24-25,27-28,30-31,46,48,54,56,61-62,66H,6-7,9,11-13,15,17-18,23,26,29,32-45,47,49-53,55,57-60H2,1-5H3,(H-,64,67,68,69)/p+1/b10-8-,16-14-,21-19+,22-20-,25-24-,28-27-,31-30-,48-46+,56-54+. The fourth-order valence-electron chi connectivity index (χ4n) is 7.90. The monoisotopic (exact) mass is 1020 g/mol. The molecule has 9 heteroatoms. The first kappa shape index (κ1) is 69.2. The summed E-state index contributed by atoms with van der Waals surface area (Å²) in [5.74, 6) is -0.194. The van der Waals surface area contributed by atoms with Crippen molar-refractivity contribution in [1.29, 1.82) is 0 Å². The van der Waals surface area contributed by atoms with Crippen LogP contribution in [-0.4, -0.2) is 73.4 Å². The zero-order chi connectivity index (χ0) is 52.7. The molecule has 72 heavy (non-hydrogen) atoms. The van der Waals surface area contributed by atoms with Gasteiger partial charge in [-0.1, -0.05) is 239 Å². The first-order valence-corrected chi connectivity index (χ1v) is 30.8. The first-order valence-electron chi connectivity index (χ1n) is 29.3. The molecule has 0 radical (unpaired) electrons. The van der Waals surface area contributed by atoms with Crippen molar-refractivity contribution in [2.75, 3.05) is 40.9 Å². The van der Waals surface area contributed by atoms with Gasteiger partial charge in [-0.3, -0.25) is 13.8 Å². The number of hydrogen-bond donors (Lipinski definition) is 3. The van der Waals surface area contributed by atoms with Crippen molar-refractivity contribution in [3.63, 3.8) is 0 Å². The number of hydrogen-bond acceptors (Lipinski definition) is 5. The Morgan fingerprint density at radius 3 is 1.28 bits per heavy atom. The number of unbranched alkanes of at least 4 members (excludes halogenated alkanes) is 23. The van der Waals surface area contributed by atoms with E-state index in [1.54, 1.807) is 6.08 Å². The molecule has 3 atom stereocenters. The number of amides is 1. The van der Waals surface area contributed by atoms with Crippen LogP contribution in [0.1, 0.15) is 232 Å². The predicted octanol–water partition coefficient (Wildman–Crippen LogP) is 18.0. The summed E-state index contributed by atoms with van der Waals surface area (Å²) in [6.07, 6.45) is 77.7. The zero-order valence-corrected chi connectivity index (χ0v) is 48.0. The lowest BCUT2D eigenvalue weighted by Gasteiger charge is -2.25. The van der Waals surface area contributed by atoms with Crippen molar-refractivity contribution >= 4 is 13.7 Å². The molecule has 0 aliphatic carbocycles. The third-order valence-electron chi connectivity index (χ3n) is 12.5. The van der Waals surface area contributed by atoms with Crippen LogP contribution in [-0.2, 0) is 18.4 Å². The summed E-state index contributed by atoms with van der Waals surface area (Å²) >= 11 is 0. The Morgan fingerprint density at radius 1 is 0.486 bits per heavy atom. The number of phosphoric ester groups is 1. The molecule has 0 aliphatic rings. The van der Waals surface area contributed by atoms with Gasteiger partial charge in [0, 0.05) is 6.42 Å². The van der Waals surface area contributed by atoms with E-state index in [1.807, 2.05) is 27.2 Å². The highest BCUT2D eigenvalue weighted by Crippen LogP contribution is 2.43. The van der Waals surface area contributed by atoms with Gasteiger partial charge in [0.05, 0.1) is 39.9 Å². The Balaban J connectivity index is 4.11. The van der Waals surface area contributed by atoms with Crippen LogP contribution in [0.4, 0.5) is 0 Å². The second-order valence-corrected chi connectivity index (χ2v) is 22.1. The summed E-state index contributed by atoms with van der Waals surface area (Å²) in [5, 5.41) is 13.9. The molecule has 8 nitrogen and oxygen atoms in total. The molecular formula is C63H112N2O6P+. The molecule has 0 aromatic rings. The highest BCUT2D eigenvalue weighted by molar-refractivity contribution is 7.47. The van der Waals surface area contributed by atoms with Crippen molar-refractivity contribution in [3.8, 4) is 0 Å². The van der Waals surface area contributed by atoms with E-state index in [0.29, 0.717) is 17.4 Å². The number of nitrogens with one attached hydrogen (secondary N) is 1. The quantitative estimate of drug-likeness (QED) is 0.0243. The summed E-state index contributed by atoms with van der Waals surface area (Å²) in [6, 6.07) is -0.875. The van der Waals surface area contributed by atoms with Crippen LogP contribution in [0.3, 0.4) is 0 Å². The number of quaternary nitrogens is 1. The second kappa shape index (κ2) is 53.0. The number of carbonyl (C=O) groups excluding carboxylic acids is 1. The summed E-state index contributed by atoms with van der Waals surface area (Å²) in [6.45, 7) is 4.65. The van der Waals surface area contributed by atoms with Gasteiger partial charge in [0.15, 0.2) is 0 Å². The van der Waals surface area contributed by atoms with Gasteiger partial charge in [-0.05, 0) is 96.3 Å². The van der Waals surface area contributed by atoms with E-state index >= 15 is 0 Å². The highest BCUT2D eigenvalue weighted by atomic mass is 31.2. The van der Waals surface area contributed by atoms with Gasteiger partial charge in [0.2, 0.25) is 5.91 Å². The fraction of sp³-hybridized carbons (Fsp3) is 0.698. The lowest BCUT2D eigenvalue weighted by Crippen LogP contribution is -2.45. The molecule has 0 saturated carbocycles. The van der Waals surface area contributed by atoms with Crippen molar-refractivity contribution in [1.82, 2.24) is 5.32 Å². The molecule has 3 N–H and O–H groups in total. The number of allylic oxidation sites excluding steroid dienone is 17. The average molecular weight is 1020 g/mol. The molecule has 0 saturated heterocycles. The SMILES string of the molecule is CC/C=C\C/C=C\C/C=C\C/C=C\C/C=C\C/C=C\CCCCCCCCCCCCCCCCCCC(=O)NC(COP(=O)(O)OCC[N+](C)(C)C)C(O)/C=C/CC/C=C/CC/C=C/CCCCCCC. The van der Waals surface area contributed by atoms with E-state index in [-0.39, 0.29) is 19.1 Å². The lowest BCUT2D eigenvalue weighted by molar-refractivity contribution is -0.870. The Hall–Kier alpha value is -2.84. The van der Waals surface area contributed by atoms with Crippen molar-refractivity contribution in [3.05, 3.63) is 109 Å². The lowest BCUT2D eigenvalue weighted by atomic mass is 10.0. The number of likely N-dealkylation sites (N-methyl/N-ethyl adjacent to an activating group) is 1. The number of carbonyl (C=O) groups is 1. The van der Waals surface area contributed by atoms with Crippen molar-refractivity contribution in [2.24, 2.45) is 0 Å². The molecule has 0 aliphatic heterocycles. The Morgan fingerprint density at radius 2 is 0.847 bits per heavy atom. The number of aliphatic hydroxyl groups is 1. The van der Waals surface area contributed by atoms with Gasteiger partial charge in [0.25, 0.3) is 0 Å². The van der Waals surface area contributed by atoms with Crippen LogP contribution in [0.15, 0.2) is 109 Å².